The van der Waals surface area contributed by atoms with Gasteiger partial charge in [0, 0.05) is 23.3 Å². The first-order chi connectivity index (χ1) is 10.9. The van der Waals surface area contributed by atoms with E-state index in [2.05, 4.69) is 10.6 Å². The summed E-state index contributed by atoms with van der Waals surface area (Å²) in [6.07, 6.45) is 0. The highest BCUT2D eigenvalue weighted by molar-refractivity contribution is 6.30. The molecule has 0 fully saturated rings. The number of rotatable bonds is 5. The van der Waals surface area contributed by atoms with Crippen LogP contribution in [0.3, 0.4) is 0 Å². The van der Waals surface area contributed by atoms with Crippen molar-refractivity contribution in [2.24, 2.45) is 0 Å². The lowest BCUT2D eigenvalue weighted by molar-refractivity contribution is -0.118. The number of carbonyl (C=O) groups excluding carboxylic acids is 2. The fourth-order valence-corrected chi connectivity index (χ4v) is 2.18. The van der Waals surface area contributed by atoms with Gasteiger partial charge in [-0.25, -0.2) is 0 Å². The molecule has 0 spiro atoms. The number of benzene rings is 2. The second-order valence-corrected chi connectivity index (χ2v) is 5.44. The van der Waals surface area contributed by atoms with Gasteiger partial charge in [-0.2, -0.15) is 0 Å². The minimum atomic E-state index is -0.272. The first-order valence-corrected chi connectivity index (χ1v) is 7.38. The zero-order chi connectivity index (χ0) is 16.8. The Bertz CT molecular complexity index is 714. The summed E-state index contributed by atoms with van der Waals surface area (Å²) in [7, 11) is 0. The second-order valence-electron chi connectivity index (χ2n) is 5.01. The quantitative estimate of drug-likeness (QED) is 0.878. The van der Waals surface area contributed by atoms with Crippen LogP contribution in [0.2, 0.25) is 5.02 Å². The Morgan fingerprint density at radius 1 is 1.04 bits per heavy atom. The van der Waals surface area contributed by atoms with E-state index in [0.29, 0.717) is 22.1 Å². The molecule has 120 valence electrons. The molecule has 2 amide bonds. The van der Waals surface area contributed by atoms with Crippen molar-refractivity contribution in [3.05, 3.63) is 53.1 Å². The Labute approximate surface area is 139 Å². The largest absolute Gasteiger partial charge is 0.483 e. The van der Waals surface area contributed by atoms with Crippen molar-refractivity contribution in [1.29, 1.82) is 0 Å². The van der Waals surface area contributed by atoms with Crippen molar-refractivity contribution in [1.82, 2.24) is 0 Å². The van der Waals surface area contributed by atoms with Crippen LogP contribution in [0.5, 0.6) is 5.75 Å². The van der Waals surface area contributed by atoms with Gasteiger partial charge in [-0.3, -0.25) is 9.59 Å². The standard InChI is InChI=1S/C17H17ClN2O3/c1-11-9-13(18)3-8-16(11)23-10-17(22)20-15-6-4-14(5-7-15)19-12(2)21/h3-9H,10H2,1-2H3,(H,19,21)(H,20,22). The van der Waals surface area contributed by atoms with Gasteiger partial charge in [-0.05, 0) is 55.0 Å². The summed E-state index contributed by atoms with van der Waals surface area (Å²) in [5.41, 5.74) is 2.16. The first kappa shape index (κ1) is 16.8. The van der Waals surface area contributed by atoms with Crippen molar-refractivity contribution >= 4 is 34.8 Å². The maximum absolute atomic E-state index is 11.9. The van der Waals surface area contributed by atoms with Crippen LogP contribution < -0.4 is 15.4 Å². The topological polar surface area (TPSA) is 67.4 Å². The summed E-state index contributed by atoms with van der Waals surface area (Å²) in [4.78, 5) is 22.8. The molecule has 0 saturated carbocycles. The molecule has 2 aromatic rings. The zero-order valence-corrected chi connectivity index (χ0v) is 13.6. The van der Waals surface area contributed by atoms with Crippen LogP contribution in [0.15, 0.2) is 42.5 Å². The molecule has 0 heterocycles. The van der Waals surface area contributed by atoms with Crippen molar-refractivity contribution in [3.63, 3.8) is 0 Å². The number of hydrogen-bond donors (Lipinski definition) is 2. The molecule has 0 unspecified atom stereocenters. The molecule has 0 bridgehead atoms. The van der Waals surface area contributed by atoms with Crippen molar-refractivity contribution in [2.45, 2.75) is 13.8 Å². The Morgan fingerprint density at radius 3 is 2.22 bits per heavy atom. The number of amides is 2. The SMILES string of the molecule is CC(=O)Nc1ccc(NC(=O)COc2ccc(Cl)cc2C)cc1. The summed E-state index contributed by atoms with van der Waals surface area (Å²) < 4.78 is 5.47. The molecular weight excluding hydrogens is 316 g/mol. The van der Waals surface area contributed by atoms with Gasteiger partial charge < -0.3 is 15.4 Å². The number of nitrogens with one attached hydrogen (secondary N) is 2. The van der Waals surface area contributed by atoms with E-state index in [9.17, 15) is 9.59 Å². The fraction of sp³-hybridized carbons (Fsp3) is 0.176. The van der Waals surface area contributed by atoms with Crippen LogP contribution in [0.1, 0.15) is 12.5 Å². The van der Waals surface area contributed by atoms with Gasteiger partial charge in [0.15, 0.2) is 6.61 Å². The molecule has 0 aromatic heterocycles. The molecule has 0 atom stereocenters. The van der Waals surface area contributed by atoms with Gasteiger partial charge in [0.2, 0.25) is 5.91 Å². The van der Waals surface area contributed by atoms with Gasteiger partial charge in [0.05, 0.1) is 0 Å². The molecule has 2 aromatic carbocycles. The van der Waals surface area contributed by atoms with E-state index in [4.69, 9.17) is 16.3 Å². The monoisotopic (exact) mass is 332 g/mol. The summed E-state index contributed by atoms with van der Waals surface area (Å²) in [5, 5.41) is 6.00. The lowest BCUT2D eigenvalue weighted by Gasteiger charge is -2.10. The van der Waals surface area contributed by atoms with E-state index >= 15 is 0 Å². The summed E-state index contributed by atoms with van der Waals surface area (Å²) in [6, 6.07) is 12.0. The summed E-state index contributed by atoms with van der Waals surface area (Å²) in [6.45, 7) is 3.20. The van der Waals surface area contributed by atoms with Crippen LogP contribution in [0.25, 0.3) is 0 Å². The number of ether oxygens (including phenoxy) is 1. The predicted molar refractivity (Wildman–Crippen MR) is 91.1 cm³/mol. The Kier molecular flexibility index (Phi) is 5.60. The Morgan fingerprint density at radius 2 is 1.65 bits per heavy atom. The smallest absolute Gasteiger partial charge is 0.262 e. The summed E-state index contributed by atoms with van der Waals surface area (Å²) >= 11 is 5.87. The van der Waals surface area contributed by atoms with Crippen LogP contribution >= 0.6 is 11.6 Å². The van der Waals surface area contributed by atoms with E-state index in [-0.39, 0.29) is 18.4 Å². The van der Waals surface area contributed by atoms with E-state index in [1.54, 1.807) is 42.5 Å². The predicted octanol–water partition coefficient (Wildman–Crippen LogP) is 3.62. The van der Waals surface area contributed by atoms with Crippen LogP contribution in [0.4, 0.5) is 11.4 Å². The normalized spacial score (nSPS) is 10.0. The van der Waals surface area contributed by atoms with E-state index in [1.165, 1.54) is 6.92 Å². The maximum Gasteiger partial charge on any atom is 0.262 e. The minimum Gasteiger partial charge on any atom is -0.483 e. The fourth-order valence-electron chi connectivity index (χ4n) is 1.96. The third-order valence-corrected chi connectivity index (χ3v) is 3.22. The number of halogens is 1. The highest BCUT2D eigenvalue weighted by Crippen LogP contribution is 2.21. The zero-order valence-electron chi connectivity index (χ0n) is 12.9. The number of hydrogen-bond acceptors (Lipinski definition) is 3. The van der Waals surface area contributed by atoms with Crippen molar-refractivity contribution in [2.75, 3.05) is 17.2 Å². The van der Waals surface area contributed by atoms with Gasteiger partial charge in [0.1, 0.15) is 5.75 Å². The van der Waals surface area contributed by atoms with E-state index < -0.39 is 0 Å². The third kappa shape index (κ3) is 5.30. The lowest BCUT2D eigenvalue weighted by Crippen LogP contribution is -2.20. The van der Waals surface area contributed by atoms with Gasteiger partial charge in [-0.1, -0.05) is 11.6 Å². The average molecular weight is 333 g/mol. The molecule has 5 nitrogen and oxygen atoms in total. The highest BCUT2D eigenvalue weighted by atomic mass is 35.5. The molecule has 0 aliphatic rings. The van der Waals surface area contributed by atoms with Gasteiger partial charge in [-0.15, -0.1) is 0 Å². The molecular formula is C17H17ClN2O3. The molecule has 0 saturated heterocycles. The molecule has 0 radical (unpaired) electrons. The van der Waals surface area contributed by atoms with Crippen LogP contribution in [0, 0.1) is 6.92 Å². The Hall–Kier alpha value is -2.53. The first-order valence-electron chi connectivity index (χ1n) is 7.00. The minimum absolute atomic E-state index is 0.101. The van der Waals surface area contributed by atoms with Crippen molar-refractivity contribution in [3.8, 4) is 5.75 Å². The van der Waals surface area contributed by atoms with Crippen LogP contribution in [-0.4, -0.2) is 18.4 Å². The van der Waals surface area contributed by atoms with Crippen molar-refractivity contribution < 1.29 is 14.3 Å². The second kappa shape index (κ2) is 7.65. The third-order valence-electron chi connectivity index (χ3n) is 2.98. The number of anilines is 2. The van der Waals surface area contributed by atoms with Gasteiger partial charge >= 0.3 is 0 Å². The molecule has 0 aliphatic carbocycles. The maximum atomic E-state index is 11.9. The molecule has 6 heteroatoms. The Balaban J connectivity index is 1.88. The highest BCUT2D eigenvalue weighted by Gasteiger charge is 2.06. The number of aryl methyl sites for hydroxylation is 1. The molecule has 2 rings (SSSR count). The summed E-state index contributed by atoms with van der Waals surface area (Å²) in [5.74, 6) is 0.200. The van der Waals surface area contributed by atoms with Gasteiger partial charge in [0.25, 0.3) is 5.91 Å². The van der Waals surface area contributed by atoms with E-state index in [1.807, 2.05) is 6.92 Å². The number of carbonyl (C=O) groups is 2. The van der Waals surface area contributed by atoms with Crippen LogP contribution in [-0.2, 0) is 9.59 Å². The molecule has 2 N–H and O–H groups in total. The molecule has 0 aliphatic heterocycles. The molecule has 23 heavy (non-hydrogen) atoms. The van der Waals surface area contributed by atoms with E-state index in [0.717, 1.165) is 5.56 Å². The average Bonchev–Trinajstić information content (AvgIpc) is 2.48. The lowest BCUT2D eigenvalue weighted by atomic mass is 10.2.